The maximum Gasteiger partial charge on any atom is 0.159 e. The van der Waals surface area contributed by atoms with Gasteiger partial charge in [0.2, 0.25) is 0 Å². The summed E-state index contributed by atoms with van der Waals surface area (Å²) in [5.74, 6) is 1.47. The van der Waals surface area contributed by atoms with Gasteiger partial charge in [0.05, 0.1) is 11.0 Å². The lowest BCUT2D eigenvalue weighted by Crippen LogP contribution is -2.33. The van der Waals surface area contributed by atoms with Crippen LogP contribution >= 0.6 is 0 Å². The van der Waals surface area contributed by atoms with Crippen LogP contribution in [0.25, 0.3) is 82.5 Å². The Bertz CT molecular complexity index is 3390. The summed E-state index contributed by atoms with van der Waals surface area (Å²) in [6.07, 6.45) is -0.264. The van der Waals surface area contributed by atoms with Gasteiger partial charge in [0.15, 0.2) is 5.84 Å². The molecule has 6 nitrogen and oxygen atoms in total. The third-order valence-corrected chi connectivity index (χ3v) is 11.3. The second-order valence-electron chi connectivity index (χ2n) is 14.6. The second kappa shape index (κ2) is 12.4. The SMILES string of the molecule is c1ccc(C2=NC(c3ccccc3)NC(c3ccc4oc5cc(-c6ccc7c(c6)oc6ccc(-n8c9ccccc9c9ccccc98)cc67)ccc5c4c3)=N2)cc1. The van der Waals surface area contributed by atoms with Crippen LogP contribution in [-0.4, -0.2) is 16.2 Å². The van der Waals surface area contributed by atoms with Crippen LogP contribution in [0.5, 0.6) is 0 Å². The van der Waals surface area contributed by atoms with E-state index >= 15 is 0 Å². The molecule has 0 saturated carbocycles. The first-order valence-electron chi connectivity index (χ1n) is 19.2. The zero-order chi connectivity index (χ0) is 37.5. The summed E-state index contributed by atoms with van der Waals surface area (Å²) >= 11 is 0. The first-order chi connectivity index (χ1) is 28.2. The van der Waals surface area contributed by atoms with Crippen LogP contribution in [0.1, 0.15) is 22.9 Å². The Morgan fingerprint density at radius 1 is 0.421 bits per heavy atom. The van der Waals surface area contributed by atoms with Gasteiger partial charge in [0.25, 0.3) is 0 Å². The molecule has 1 aliphatic rings. The Kier molecular flexibility index (Phi) is 6.89. The lowest BCUT2D eigenvalue weighted by Gasteiger charge is -2.23. The predicted molar refractivity (Wildman–Crippen MR) is 233 cm³/mol. The van der Waals surface area contributed by atoms with E-state index in [9.17, 15) is 0 Å². The van der Waals surface area contributed by atoms with Crippen LogP contribution in [0.4, 0.5) is 0 Å². The predicted octanol–water partition coefficient (Wildman–Crippen LogP) is 12.7. The minimum absolute atomic E-state index is 0.264. The van der Waals surface area contributed by atoms with Crippen molar-refractivity contribution in [2.45, 2.75) is 6.17 Å². The van der Waals surface area contributed by atoms with Crippen molar-refractivity contribution in [3.8, 4) is 16.8 Å². The molecule has 0 saturated heterocycles. The fraction of sp³-hybridized carbons (Fsp3) is 0.0196. The highest BCUT2D eigenvalue weighted by atomic mass is 16.3. The van der Waals surface area contributed by atoms with Crippen LogP contribution in [0, 0.1) is 0 Å². The summed E-state index contributed by atoms with van der Waals surface area (Å²) in [4.78, 5) is 10.0. The van der Waals surface area contributed by atoms with Crippen molar-refractivity contribution in [2.75, 3.05) is 0 Å². The van der Waals surface area contributed by atoms with Crippen molar-refractivity contribution in [1.82, 2.24) is 9.88 Å². The van der Waals surface area contributed by atoms with Gasteiger partial charge in [-0.25, -0.2) is 9.98 Å². The molecule has 0 fully saturated rings. The highest BCUT2D eigenvalue weighted by Gasteiger charge is 2.22. The van der Waals surface area contributed by atoms with Crippen LogP contribution in [0.15, 0.2) is 201 Å². The number of aliphatic imine (C=N–C) groups is 2. The molecule has 0 aliphatic carbocycles. The fourth-order valence-electron chi connectivity index (χ4n) is 8.51. The molecule has 268 valence electrons. The van der Waals surface area contributed by atoms with E-state index in [1.807, 2.05) is 54.6 Å². The summed E-state index contributed by atoms with van der Waals surface area (Å²) in [6, 6.07) is 63.3. The summed E-state index contributed by atoms with van der Waals surface area (Å²) in [5.41, 5.74) is 12.0. The molecule has 0 amide bonds. The average Bonchev–Trinajstić information content (AvgIpc) is 3.95. The topological polar surface area (TPSA) is 68.0 Å². The van der Waals surface area contributed by atoms with E-state index in [-0.39, 0.29) is 6.17 Å². The van der Waals surface area contributed by atoms with E-state index in [2.05, 4.69) is 137 Å². The minimum atomic E-state index is -0.264. The number of amidine groups is 2. The molecule has 57 heavy (non-hydrogen) atoms. The maximum atomic E-state index is 6.48. The van der Waals surface area contributed by atoms with E-state index in [1.165, 1.54) is 21.8 Å². The number of hydrogen-bond donors (Lipinski definition) is 1. The molecule has 0 bridgehead atoms. The molecule has 1 unspecified atom stereocenters. The van der Waals surface area contributed by atoms with Gasteiger partial charge in [-0.3, -0.25) is 0 Å². The van der Waals surface area contributed by atoms with E-state index in [0.717, 1.165) is 83.2 Å². The molecule has 1 atom stereocenters. The van der Waals surface area contributed by atoms with Crippen LogP contribution < -0.4 is 5.32 Å². The lowest BCUT2D eigenvalue weighted by atomic mass is 10.0. The normalized spacial score (nSPS) is 14.5. The second-order valence-corrected chi connectivity index (χ2v) is 14.6. The largest absolute Gasteiger partial charge is 0.456 e. The molecule has 4 heterocycles. The fourth-order valence-corrected chi connectivity index (χ4v) is 8.51. The Morgan fingerprint density at radius 3 is 1.65 bits per heavy atom. The van der Waals surface area contributed by atoms with Crippen molar-refractivity contribution in [2.24, 2.45) is 9.98 Å². The third-order valence-electron chi connectivity index (χ3n) is 11.3. The number of fused-ring (bicyclic) bond motifs is 9. The molecular weight excluding hydrogens is 701 g/mol. The summed E-state index contributed by atoms with van der Waals surface area (Å²) in [6.45, 7) is 0. The van der Waals surface area contributed by atoms with Gasteiger partial charge in [-0.15, -0.1) is 0 Å². The smallest absolute Gasteiger partial charge is 0.159 e. The summed E-state index contributed by atoms with van der Waals surface area (Å²) < 4.78 is 15.3. The maximum absolute atomic E-state index is 6.48. The Morgan fingerprint density at radius 2 is 0.982 bits per heavy atom. The van der Waals surface area contributed by atoms with Crippen molar-refractivity contribution >= 4 is 77.4 Å². The van der Waals surface area contributed by atoms with Crippen LogP contribution in [-0.2, 0) is 0 Å². The number of rotatable bonds is 5. The molecular formula is C51H32N4O2. The number of para-hydroxylation sites is 2. The van der Waals surface area contributed by atoms with Crippen LogP contribution in [0.2, 0.25) is 0 Å². The number of benzene rings is 8. The number of aromatic nitrogens is 1. The number of nitrogens with one attached hydrogen (secondary N) is 1. The highest BCUT2D eigenvalue weighted by Crippen LogP contribution is 2.38. The Labute approximate surface area is 326 Å². The summed E-state index contributed by atoms with van der Waals surface area (Å²) in [7, 11) is 0. The minimum Gasteiger partial charge on any atom is -0.456 e. The van der Waals surface area contributed by atoms with Gasteiger partial charge in [-0.05, 0) is 89.5 Å². The standard InChI is InChI=1S/C51H32N4O2/c1-3-11-31(12-4-1)49-52-50(32-13-5-2-6-14-32)54-51(53-49)35-21-25-45-41(27-35)39-23-19-33(28-47(39)56-45)34-20-24-40-42-30-36(22-26-46(42)57-48(40)29-34)55-43-17-9-7-15-37(43)38-16-8-10-18-44(38)55/h1-30,49H,(H,52,53,54). The first kappa shape index (κ1) is 31.6. The molecule has 1 N–H and O–H groups in total. The van der Waals surface area contributed by atoms with E-state index < -0.39 is 0 Å². The van der Waals surface area contributed by atoms with Gasteiger partial charge in [-0.1, -0.05) is 109 Å². The van der Waals surface area contributed by atoms with Crippen molar-refractivity contribution in [3.05, 3.63) is 199 Å². The first-order valence-corrected chi connectivity index (χ1v) is 19.2. The average molecular weight is 733 g/mol. The van der Waals surface area contributed by atoms with Crippen molar-refractivity contribution < 1.29 is 8.83 Å². The number of furan rings is 2. The summed E-state index contributed by atoms with van der Waals surface area (Å²) in [5, 5.41) is 10.3. The van der Waals surface area contributed by atoms with Gasteiger partial charge >= 0.3 is 0 Å². The van der Waals surface area contributed by atoms with E-state index in [0.29, 0.717) is 5.84 Å². The van der Waals surface area contributed by atoms with E-state index in [4.69, 9.17) is 18.8 Å². The van der Waals surface area contributed by atoms with E-state index in [1.54, 1.807) is 0 Å². The van der Waals surface area contributed by atoms with Gasteiger partial charge in [-0.2, -0.15) is 0 Å². The molecule has 11 aromatic rings. The molecule has 0 spiro atoms. The van der Waals surface area contributed by atoms with Crippen molar-refractivity contribution in [1.29, 1.82) is 0 Å². The quantitative estimate of drug-likeness (QED) is 0.192. The van der Waals surface area contributed by atoms with Crippen LogP contribution in [0.3, 0.4) is 0 Å². The molecule has 6 heteroatoms. The number of nitrogens with zero attached hydrogens (tertiary/aromatic N) is 3. The lowest BCUT2D eigenvalue weighted by molar-refractivity contribution is 0.667. The highest BCUT2D eigenvalue weighted by molar-refractivity contribution is 6.16. The van der Waals surface area contributed by atoms with Gasteiger partial charge in [0, 0.05) is 49.1 Å². The van der Waals surface area contributed by atoms with Gasteiger partial charge < -0.3 is 18.7 Å². The Hall–Kier alpha value is -7.70. The Balaban J connectivity index is 0.902. The van der Waals surface area contributed by atoms with Gasteiger partial charge in [0.1, 0.15) is 34.3 Å². The number of hydrogen-bond acceptors (Lipinski definition) is 5. The molecule has 0 radical (unpaired) electrons. The zero-order valence-electron chi connectivity index (χ0n) is 30.6. The molecule has 1 aliphatic heterocycles. The molecule has 3 aromatic heterocycles. The molecule has 8 aromatic carbocycles. The molecule has 12 rings (SSSR count). The monoisotopic (exact) mass is 732 g/mol. The van der Waals surface area contributed by atoms with Crippen molar-refractivity contribution in [3.63, 3.8) is 0 Å². The third kappa shape index (κ3) is 5.11. The zero-order valence-corrected chi connectivity index (χ0v) is 30.6.